The monoisotopic (exact) mass is 433 g/mol. The number of aromatic nitrogens is 2. The standard InChI is InChI=1S/C25H24FN3O3/c1-14-3-4-15(22(30)9-25(2)12-32-13-25)5-18(14)21-6-16-11-28-23(7-17(16)10-27-21)29-24(31)19-8-20(19)26/h3-7,10-11,19-20H,8-9,12-13H2,1-2H3,(H,28,29,31)/t19-,20+/m1/s1. The summed E-state index contributed by atoms with van der Waals surface area (Å²) in [5.41, 5.74) is 3.26. The Balaban J connectivity index is 1.39. The van der Waals surface area contributed by atoms with Crippen molar-refractivity contribution in [3.05, 3.63) is 53.9 Å². The van der Waals surface area contributed by atoms with Crippen molar-refractivity contribution in [3.63, 3.8) is 0 Å². The minimum Gasteiger partial charge on any atom is -0.380 e. The third kappa shape index (κ3) is 4.00. The summed E-state index contributed by atoms with van der Waals surface area (Å²) < 4.78 is 18.4. The fourth-order valence-electron chi connectivity index (χ4n) is 4.02. The maximum Gasteiger partial charge on any atom is 0.231 e. The van der Waals surface area contributed by atoms with Crippen molar-refractivity contribution in [2.75, 3.05) is 18.5 Å². The fraction of sp³-hybridized carbons (Fsp3) is 0.360. The summed E-state index contributed by atoms with van der Waals surface area (Å²) in [6, 6.07) is 9.36. The van der Waals surface area contributed by atoms with Gasteiger partial charge in [-0.2, -0.15) is 0 Å². The van der Waals surface area contributed by atoms with Gasteiger partial charge >= 0.3 is 0 Å². The molecule has 164 valence electrons. The van der Waals surface area contributed by atoms with E-state index in [0.717, 1.165) is 27.6 Å². The molecule has 1 N–H and O–H groups in total. The molecule has 1 saturated carbocycles. The van der Waals surface area contributed by atoms with Gasteiger partial charge in [-0.05, 0) is 37.1 Å². The van der Waals surface area contributed by atoms with Gasteiger partial charge in [0.25, 0.3) is 0 Å². The number of fused-ring (bicyclic) bond motifs is 1. The number of hydrogen-bond acceptors (Lipinski definition) is 5. The summed E-state index contributed by atoms with van der Waals surface area (Å²) in [7, 11) is 0. The number of carbonyl (C=O) groups excluding carboxylic acids is 2. The van der Waals surface area contributed by atoms with Crippen LogP contribution in [-0.4, -0.2) is 41.0 Å². The maximum absolute atomic E-state index is 13.1. The molecule has 0 bridgehead atoms. The highest BCUT2D eigenvalue weighted by atomic mass is 19.1. The van der Waals surface area contributed by atoms with Crippen molar-refractivity contribution in [1.82, 2.24) is 9.97 Å². The first-order valence-electron chi connectivity index (χ1n) is 10.7. The predicted molar refractivity (Wildman–Crippen MR) is 119 cm³/mol. The van der Waals surface area contributed by atoms with Gasteiger partial charge in [0.15, 0.2) is 5.78 Å². The number of ether oxygens (including phenoxy) is 1. The normalized spacial score (nSPS) is 21.1. The summed E-state index contributed by atoms with van der Waals surface area (Å²) in [4.78, 5) is 33.6. The number of halogens is 1. The lowest BCUT2D eigenvalue weighted by molar-refractivity contribution is -0.117. The van der Waals surface area contributed by atoms with Gasteiger partial charge in [0.2, 0.25) is 5.91 Å². The van der Waals surface area contributed by atoms with Gasteiger partial charge in [0, 0.05) is 46.1 Å². The molecule has 2 fully saturated rings. The minimum absolute atomic E-state index is 0.0766. The Kier molecular flexibility index (Phi) is 5.01. The van der Waals surface area contributed by atoms with Gasteiger partial charge in [-0.15, -0.1) is 0 Å². The molecule has 32 heavy (non-hydrogen) atoms. The lowest BCUT2D eigenvalue weighted by atomic mass is 9.81. The van der Waals surface area contributed by atoms with Crippen molar-refractivity contribution in [2.45, 2.75) is 32.9 Å². The number of alkyl halides is 1. The molecule has 1 aliphatic carbocycles. The number of hydrogen-bond donors (Lipinski definition) is 1. The molecular weight excluding hydrogens is 409 g/mol. The second-order valence-corrected chi connectivity index (χ2v) is 9.27. The zero-order chi connectivity index (χ0) is 22.5. The SMILES string of the molecule is Cc1ccc(C(=O)CC2(C)COC2)cc1-c1cc2cnc(NC(=O)[C@@H]3C[C@@H]3F)cc2cn1. The molecule has 1 saturated heterocycles. The number of pyridine rings is 2. The molecule has 3 aromatic rings. The molecule has 5 rings (SSSR count). The predicted octanol–water partition coefficient (Wildman–Crippen LogP) is 4.51. The van der Waals surface area contributed by atoms with Crippen LogP contribution in [0.15, 0.2) is 42.7 Å². The van der Waals surface area contributed by atoms with E-state index >= 15 is 0 Å². The van der Waals surface area contributed by atoms with Crippen LogP contribution < -0.4 is 5.32 Å². The fourth-order valence-corrected chi connectivity index (χ4v) is 4.02. The van der Waals surface area contributed by atoms with Crippen molar-refractivity contribution in [1.29, 1.82) is 0 Å². The van der Waals surface area contributed by atoms with E-state index in [1.165, 1.54) is 0 Å². The summed E-state index contributed by atoms with van der Waals surface area (Å²) in [5, 5.41) is 4.34. The van der Waals surface area contributed by atoms with E-state index in [4.69, 9.17) is 4.74 Å². The number of carbonyl (C=O) groups is 2. The Morgan fingerprint density at radius 2 is 1.88 bits per heavy atom. The van der Waals surface area contributed by atoms with Gasteiger partial charge in [0.1, 0.15) is 12.0 Å². The van der Waals surface area contributed by atoms with Gasteiger partial charge < -0.3 is 10.1 Å². The quantitative estimate of drug-likeness (QED) is 0.579. The Hall–Kier alpha value is -3.19. The van der Waals surface area contributed by atoms with Crippen molar-refractivity contribution in [2.24, 2.45) is 11.3 Å². The van der Waals surface area contributed by atoms with E-state index in [1.54, 1.807) is 18.5 Å². The topological polar surface area (TPSA) is 81.2 Å². The van der Waals surface area contributed by atoms with E-state index in [9.17, 15) is 14.0 Å². The van der Waals surface area contributed by atoms with E-state index in [-0.39, 0.29) is 23.5 Å². The first-order valence-corrected chi connectivity index (χ1v) is 10.7. The Morgan fingerprint density at radius 3 is 2.56 bits per heavy atom. The van der Waals surface area contributed by atoms with Crippen LogP contribution in [0.2, 0.25) is 0 Å². The van der Waals surface area contributed by atoms with Gasteiger partial charge in [-0.25, -0.2) is 9.37 Å². The van der Waals surface area contributed by atoms with Crippen LogP contribution in [0.4, 0.5) is 10.2 Å². The number of nitrogens with one attached hydrogen (secondary N) is 1. The molecule has 7 heteroatoms. The number of nitrogens with zero attached hydrogens (tertiary/aromatic N) is 2. The molecule has 1 aliphatic heterocycles. The van der Waals surface area contributed by atoms with Crippen LogP contribution in [-0.2, 0) is 9.53 Å². The van der Waals surface area contributed by atoms with Crippen molar-refractivity contribution in [3.8, 4) is 11.3 Å². The molecule has 0 unspecified atom stereocenters. The van der Waals surface area contributed by atoms with E-state index in [1.807, 2.05) is 31.2 Å². The maximum atomic E-state index is 13.1. The Labute approximate surface area is 185 Å². The van der Waals surface area contributed by atoms with Gasteiger partial charge in [-0.3, -0.25) is 14.6 Å². The number of ketones is 1. The number of Topliss-reactive ketones (excluding diaryl/α,β-unsaturated/α-hetero) is 1. The van der Waals surface area contributed by atoms with Crippen molar-refractivity contribution >= 4 is 28.3 Å². The lowest BCUT2D eigenvalue weighted by Gasteiger charge is -2.37. The third-order valence-corrected chi connectivity index (χ3v) is 6.23. The summed E-state index contributed by atoms with van der Waals surface area (Å²) in [6.07, 6.45) is 3.08. The first kappa shape index (κ1) is 20.7. The molecule has 0 radical (unpaired) electrons. The highest BCUT2D eigenvalue weighted by molar-refractivity contribution is 5.98. The molecule has 2 aliphatic rings. The van der Waals surface area contributed by atoms with Gasteiger partial charge in [-0.1, -0.05) is 19.1 Å². The highest BCUT2D eigenvalue weighted by Gasteiger charge is 2.43. The first-order chi connectivity index (χ1) is 15.3. The second-order valence-electron chi connectivity index (χ2n) is 9.27. The van der Waals surface area contributed by atoms with Crippen LogP contribution in [0.5, 0.6) is 0 Å². The zero-order valence-electron chi connectivity index (χ0n) is 18.0. The van der Waals surface area contributed by atoms with Crippen LogP contribution in [0, 0.1) is 18.3 Å². The van der Waals surface area contributed by atoms with Crippen LogP contribution in [0.3, 0.4) is 0 Å². The molecule has 1 amide bonds. The van der Waals surface area contributed by atoms with E-state index in [0.29, 0.717) is 31.0 Å². The number of anilines is 1. The summed E-state index contributed by atoms with van der Waals surface area (Å²) >= 11 is 0. The second kappa shape index (κ2) is 7.74. The highest BCUT2D eigenvalue weighted by Crippen LogP contribution is 2.35. The zero-order valence-corrected chi connectivity index (χ0v) is 18.0. The lowest BCUT2D eigenvalue weighted by Crippen LogP contribution is -2.41. The van der Waals surface area contributed by atoms with Crippen LogP contribution >= 0.6 is 0 Å². The molecule has 2 aromatic heterocycles. The minimum atomic E-state index is -1.05. The van der Waals surface area contributed by atoms with E-state index < -0.39 is 12.1 Å². The molecule has 2 atom stereocenters. The largest absolute Gasteiger partial charge is 0.380 e. The smallest absolute Gasteiger partial charge is 0.231 e. The Bertz CT molecular complexity index is 1240. The number of benzene rings is 1. The average Bonchev–Trinajstić information content (AvgIpc) is 3.49. The van der Waals surface area contributed by atoms with E-state index in [2.05, 4.69) is 22.2 Å². The molecule has 3 heterocycles. The Morgan fingerprint density at radius 1 is 1.16 bits per heavy atom. The molecular formula is C25H24FN3O3. The van der Waals surface area contributed by atoms with Crippen LogP contribution in [0.25, 0.3) is 22.0 Å². The molecule has 1 aromatic carbocycles. The number of amides is 1. The molecule has 6 nitrogen and oxygen atoms in total. The summed E-state index contributed by atoms with van der Waals surface area (Å²) in [6.45, 7) is 5.30. The van der Waals surface area contributed by atoms with Crippen LogP contribution in [0.1, 0.15) is 35.7 Å². The molecule has 0 spiro atoms. The third-order valence-electron chi connectivity index (χ3n) is 6.23. The number of aryl methyl sites for hydroxylation is 1. The number of rotatable bonds is 6. The van der Waals surface area contributed by atoms with Gasteiger partial charge in [0.05, 0.1) is 24.8 Å². The van der Waals surface area contributed by atoms with Crippen molar-refractivity contribution < 1.29 is 18.7 Å². The summed E-state index contributed by atoms with van der Waals surface area (Å²) in [5.74, 6) is -0.418. The average molecular weight is 433 g/mol.